The third kappa shape index (κ3) is 4.14. The first-order chi connectivity index (χ1) is 26.3. The Morgan fingerprint density at radius 2 is 0.887 bits per heavy atom. The fraction of sp³-hybridized carbons (Fsp3) is 0. The molecule has 0 aliphatic rings. The van der Waals surface area contributed by atoms with E-state index in [2.05, 4.69) is 164 Å². The maximum Gasteiger partial charge on any atom is 0.143 e. The van der Waals surface area contributed by atoms with E-state index in [1.54, 1.807) is 0 Å². The van der Waals surface area contributed by atoms with E-state index >= 15 is 0 Å². The Morgan fingerprint density at radius 1 is 0.321 bits per heavy atom. The Balaban J connectivity index is 1.21. The monoisotopic (exact) mass is 692 g/mol. The Kier molecular flexibility index (Phi) is 5.96. The van der Waals surface area contributed by atoms with Crippen molar-refractivity contribution in [3.63, 3.8) is 0 Å². The van der Waals surface area contributed by atoms with Gasteiger partial charge < -0.3 is 8.83 Å². The predicted octanol–water partition coefficient (Wildman–Crippen LogP) is 15.2. The van der Waals surface area contributed by atoms with Crippen LogP contribution in [0.4, 0.5) is 0 Å². The number of fused-ring (bicyclic) bond motifs is 11. The van der Waals surface area contributed by atoms with Gasteiger partial charge in [0.15, 0.2) is 0 Å². The van der Waals surface area contributed by atoms with Gasteiger partial charge in [-0.3, -0.25) is 0 Å². The van der Waals surface area contributed by atoms with E-state index in [1.165, 1.54) is 58.8 Å². The summed E-state index contributed by atoms with van der Waals surface area (Å²) in [5.74, 6) is 0. The molecule has 3 heterocycles. The highest BCUT2D eigenvalue weighted by Crippen LogP contribution is 2.51. The van der Waals surface area contributed by atoms with Gasteiger partial charge in [0, 0.05) is 53.0 Å². The van der Waals surface area contributed by atoms with Crippen molar-refractivity contribution in [1.82, 2.24) is 0 Å². The topological polar surface area (TPSA) is 26.3 Å². The minimum atomic E-state index is 0.906. The summed E-state index contributed by atoms with van der Waals surface area (Å²) in [5, 5.41) is 12.9. The molecule has 12 rings (SSSR count). The van der Waals surface area contributed by atoms with E-state index in [0.717, 1.165) is 60.2 Å². The predicted molar refractivity (Wildman–Crippen MR) is 225 cm³/mol. The van der Waals surface area contributed by atoms with Crippen LogP contribution >= 0.6 is 11.3 Å². The number of hydrogen-bond acceptors (Lipinski definition) is 3. The zero-order valence-corrected chi connectivity index (χ0v) is 29.2. The van der Waals surface area contributed by atoms with Crippen molar-refractivity contribution in [1.29, 1.82) is 0 Å². The van der Waals surface area contributed by atoms with Gasteiger partial charge in [0.25, 0.3) is 0 Å². The number of furan rings is 2. The fourth-order valence-electron chi connectivity index (χ4n) is 8.71. The van der Waals surface area contributed by atoms with Crippen LogP contribution in [0.15, 0.2) is 179 Å². The van der Waals surface area contributed by atoms with E-state index in [1.807, 2.05) is 17.4 Å². The zero-order valence-electron chi connectivity index (χ0n) is 28.4. The molecule has 0 aliphatic carbocycles. The second kappa shape index (κ2) is 10.9. The van der Waals surface area contributed by atoms with Crippen molar-refractivity contribution in [2.75, 3.05) is 0 Å². The van der Waals surface area contributed by atoms with Crippen LogP contribution in [-0.2, 0) is 0 Å². The van der Waals surface area contributed by atoms with Crippen molar-refractivity contribution in [2.24, 2.45) is 0 Å². The van der Waals surface area contributed by atoms with Crippen molar-refractivity contribution >= 4 is 97.6 Å². The van der Waals surface area contributed by atoms with Gasteiger partial charge in [-0.25, -0.2) is 0 Å². The molecular weight excluding hydrogens is 665 g/mol. The molecule has 53 heavy (non-hydrogen) atoms. The molecule has 0 saturated heterocycles. The van der Waals surface area contributed by atoms with Crippen molar-refractivity contribution in [3.05, 3.63) is 170 Å². The first-order valence-electron chi connectivity index (χ1n) is 18.0. The summed E-state index contributed by atoms with van der Waals surface area (Å²) in [5.41, 5.74) is 9.64. The van der Waals surface area contributed by atoms with E-state index in [4.69, 9.17) is 8.83 Å². The van der Waals surface area contributed by atoms with E-state index in [0.29, 0.717) is 0 Å². The van der Waals surface area contributed by atoms with Crippen LogP contribution < -0.4 is 0 Å². The first-order valence-corrected chi connectivity index (χ1v) is 18.8. The molecule has 0 aliphatic heterocycles. The van der Waals surface area contributed by atoms with Crippen LogP contribution in [0.1, 0.15) is 0 Å². The SMILES string of the molecule is c1ccc(-c2cc3c(-c4c5ccccc5c(-c5ccc6ccc7c8ccccc8oc7c6c5)c5ccccc45)c4oc5ccccc5c4cc3s2)cc1. The fourth-order valence-corrected chi connectivity index (χ4v) is 9.83. The lowest BCUT2D eigenvalue weighted by Crippen LogP contribution is -1.92. The molecular formula is C50H28O2S. The van der Waals surface area contributed by atoms with E-state index in [-0.39, 0.29) is 0 Å². The van der Waals surface area contributed by atoms with Gasteiger partial charge in [-0.05, 0) is 80.0 Å². The molecule has 0 unspecified atom stereocenters. The summed E-state index contributed by atoms with van der Waals surface area (Å²) in [6.07, 6.45) is 0. The number of benzene rings is 9. The van der Waals surface area contributed by atoms with Crippen LogP contribution in [0.2, 0.25) is 0 Å². The van der Waals surface area contributed by atoms with Crippen LogP contribution in [0, 0.1) is 0 Å². The lowest BCUT2D eigenvalue weighted by atomic mass is 9.84. The maximum absolute atomic E-state index is 6.88. The molecule has 3 aromatic heterocycles. The standard InChI is InChI=1S/C50H28O2S/c1-2-12-30(13-3-1)44-28-41-45(53-44)27-40-33-15-9-11-21-43(33)52-50(40)48(41)47-36-18-6-4-16-34(36)46(35-17-5-7-19-37(35)47)31-23-22-29-24-25-38-32-14-8-10-20-42(32)51-49(38)39(29)26-31/h1-28H. The smallest absolute Gasteiger partial charge is 0.143 e. The van der Waals surface area contributed by atoms with E-state index < -0.39 is 0 Å². The lowest BCUT2D eigenvalue weighted by molar-refractivity contribution is 0.670. The molecule has 0 spiro atoms. The lowest BCUT2D eigenvalue weighted by Gasteiger charge is -2.18. The maximum atomic E-state index is 6.88. The minimum Gasteiger partial charge on any atom is -0.455 e. The highest BCUT2D eigenvalue weighted by Gasteiger charge is 2.24. The van der Waals surface area contributed by atoms with Crippen LogP contribution in [0.3, 0.4) is 0 Å². The minimum absolute atomic E-state index is 0.906. The van der Waals surface area contributed by atoms with Gasteiger partial charge in [-0.1, -0.05) is 133 Å². The molecule has 0 radical (unpaired) electrons. The average Bonchev–Trinajstić information content (AvgIpc) is 3.93. The molecule has 9 aromatic carbocycles. The quantitative estimate of drug-likeness (QED) is 0.172. The first kappa shape index (κ1) is 29.0. The number of rotatable bonds is 3. The highest BCUT2D eigenvalue weighted by atomic mass is 32.1. The molecule has 0 bridgehead atoms. The third-order valence-electron chi connectivity index (χ3n) is 11.1. The molecule has 0 amide bonds. The molecule has 246 valence electrons. The average molecular weight is 693 g/mol. The van der Waals surface area contributed by atoms with Gasteiger partial charge in [-0.15, -0.1) is 11.3 Å². The Hall–Kier alpha value is -6.68. The molecule has 12 aromatic rings. The third-order valence-corrected chi connectivity index (χ3v) is 12.2. The van der Waals surface area contributed by atoms with Crippen LogP contribution in [0.5, 0.6) is 0 Å². The zero-order chi connectivity index (χ0) is 34.6. The summed E-state index contributed by atoms with van der Waals surface area (Å²) in [4.78, 5) is 1.25. The summed E-state index contributed by atoms with van der Waals surface area (Å²) in [7, 11) is 0. The number of para-hydroxylation sites is 2. The molecule has 3 heteroatoms. The summed E-state index contributed by atoms with van der Waals surface area (Å²) in [6, 6.07) is 61.2. The number of thiophene rings is 1. The van der Waals surface area contributed by atoms with Gasteiger partial charge in [0.2, 0.25) is 0 Å². The summed E-state index contributed by atoms with van der Waals surface area (Å²) >= 11 is 1.85. The Bertz CT molecular complexity index is 3390. The van der Waals surface area contributed by atoms with Crippen molar-refractivity contribution < 1.29 is 8.83 Å². The molecule has 0 fully saturated rings. The summed E-state index contributed by atoms with van der Waals surface area (Å²) < 4.78 is 14.7. The van der Waals surface area contributed by atoms with Crippen LogP contribution in [-0.4, -0.2) is 0 Å². The van der Waals surface area contributed by atoms with Gasteiger partial charge in [0.1, 0.15) is 22.3 Å². The highest BCUT2D eigenvalue weighted by molar-refractivity contribution is 7.22. The largest absolute Gasteiger partial charge is 0.455 e. The van der Waals surface area contributed by atoms with E-state index in [9.17, 15) is 0 Å². The Morgan fingerprint density at radius 3 is 1.58 bits per heavy atom. The number of hydrogen-bond donors (Lipinski definition) is 0. The van der Waals surface area contributed by atoms with Gasteiger partial charge >= 0.3 is 0 Å². The van der Waals surface area contributed by atoms with Crippen molar-refractivity contribution in [3.8, 4) is 32.7 Å². The molecule has 0 saturated carbocycles. The Labute approximate surface area is 307 Å². The molecule has 0 atom stereocenters. The van der Waals surface area contributed by atoms with Crippen molar-refractivity contribution in [2.45, 2.75) is 0 Å². The van der Waals surface area contributed by atoms with Gasteiger partial charge in [0.05, 0.1) is 0 Å². The normalized spacial score (nSPS) is 12.2. The second-order valence-electron chi connectivity index (χ2n) is 13.9. The van der Waals surface area contributed by atoms with Gasteiger partial charge in [-0.2, -0.15) is 0 Å². The van der Waals surface area contributed by atoms with Crippen LogP contribution in [0.25, 0.3) is 119 Å². The second-order valence-corrected chi connectivity index (χ2v) is 15.0. The molecule has 0 N–H and O–H groups in total. The summed E-state index contributed by atoms with van der Waals surface area (Å²) in [6.45, 7) is 0. The molecule has 2 nitrogen and oxygen atoms in total.